The van der Waals surface area contributed by atoms with E-state index in [1.165, 1.54) is 101 Å². The second-order valence-corrected chi connectivity index (χ2v) is 13.7. The summed E-state index contributed by atoms with van der Waals surface area (Å²) in [5.41, 5.74) is 2.69. The predicted octanol–water partition coefficient (Wildman–Crippen LogP) is 7.86. The normalized spacial score (nSPS) is 11.8. The van der Waals surface area contributed by atoms with Crippen LogP contribution in [0.1, 0.15) is 115 Å². The molecule has 0 spiro atoms. The van der Waals surface area contributed by atoms with Crippen LogP contribution in [0.3, 0.4) is 0 Å². The highest BCUT2D eigenvalue weighted by Crippen LogP contribution is 2.35. The molecule has 0 radical (unpaired) electrons. The Bertz CT molecular complexity index is 878. The molecule has 0 aliphatic rings. The number of benzene rings is 1. The molecule has 0 aliphatic carbocycles. The van der Waals surface area contributed by atoms with Gasteiger partial charge in [-0.3, -0.25) is 4.52 Å². The van der Waals surface area contributed by atoms with Crippen LogP contribution in [0.5, 0.6) is 5.75 Å². The molecule has 2 N–H and O–H groups in total. The van der Waals surface area contributed by atoms with Crippen LogP contribution in [-0.4, -0.2) is 102 Å². The third-order valence-electron chi connectivity index (χ3n) is 8.10. The zero-order chi connectivity index (χ0) is 36.2. The molecule has 294 valence electrons. The van der Waals surface area contributed by atoms with Crippen molar-refractivity contribution in [1.82, 2.24) is 0 Å². The van der Waals surface area contributed by atoms with Crippen molar-refractivity contribution in [3.63, 3.8) is 0 Å². The molecule has 11 nitrogen and oxygen atoms in total. The summed E-state index contributed by atoms with van der Waals surface area (Å²) < 4.78 is 54.1. The van der Waals surface area contributed by atoms with Crippen LogP contribution in [-0.2, 0) is 50.4 Å². The van der Waals surface area contributed by atoms with Crippen molar-refractivity contribution >= 4 is 7.82 Å². The maximum absolute atomic E-state index is 10.5. The minimum atomic E-state index is -4.44. The Kier molecular flexibility index (Phi) is 32.8. The summed E-state index contributed by atoms with van der Waals surface area (Å²) in [6, 6.07) is 6.71. The third kappa shape index (κ3) is 30.5. The number of hydrogen-bond acceptors (Lipinski definition) is 9. The van der Waals surface area contributed by atoms with Gasteiger partial charge in [-0.05, 0) is 36.8 Å². The first-order valence-corrected chi connectivity index (χ1v) is 20.9. The summed E-state index contributed by atoms with van der Waals surface area (Å²) >= 11 is 0. The molecule has 0 bridgehead atoms. The summed E-state index contributed by atoms with van der Waals surface area (Å²) in [6.07, 6.45) is 20.5. The second kappa shape index (κ2) is 34.9. The Morgan fingerprint density at radius 3 is 1.14 bits per heavy atom. The Morgan fingerprint density at radius 2 is 0.780 bits per heavy atom. The van der Waals surface area contributed by atoms with Gasteiger partial charge in [0, 0.05) is 0 Å². The number of unbranched alkanes of at least 4 members (excludes halogenated alkanes) is 12. The van der Waals surface area contributed by atoms with E-state index in [1.807, 2.05) is 0 Å². The van der Waals surface area contributed by atoms with Gasteiger partial charge >= 0.3 is 7.82 Å². The lowest BCUT2D eigenvalue weighted by molar-refractivity contribution is -0.0191. The van der Waals surface area contributed by atoms with E-state index in [9.17, 15) is 4.57 Å². The molecule has 0 heterocycles. The molecule has 12 heteroatoms. The number of aryl methyl sites for hydroxylation is 2. The first kappa shape index (κ1) is 46.9. The number of para-hydroxylation sites is 1. The van der Waals surface area contributed by atoms with Crippen LogP contribution >= 0.6 is 7.82 Å². The van der Waals surface area contributed by atoms with E-state index in [2.05, 4.69) is 36.6 Å². The lowest BCUT2D eigenvalue weighted by Gasteiger charge is -2.17. The van der Waals surface area contributed by atoms with Gasteiger partial charge in [0.05, 0.1) is 85.9 Å². The average molecular weight is 735 g/mol. The van der Waals surface area contributed by atoms with E-state index < -0.39 is 7.82 Å². The van der Waals surface area contributed by atoms with E-state index in [0.717, 1.165) is 18.6 Å². The highest BCUT2D eigenvalue weighted by Gasteiger charge is 2.13. The Morgan fingerprint density at radius 1 is 0.460 bits per heavy atom. The smallest absolute Gasteiger partial charge is 0.469 e. The topological polar surface area (TPSA) is 131 Å². The summed E-state index contributed by atoms with van der Waals surface area (Å²) in [6.45, 7) is 10.00. The van der Waals surface area contributed by atoms with Crippen LogP contribution in [0.2, 0.25) is 0 Å². The molecular formula is C38H71O11P. The Balaban J connectivity index is 2.12. The highest BCUT2D eigenvalue weighted by molar-refractivity contribution is 7.46. The molecule has 1 aromatic carbocycles. The average Bonchev–Trinajstić information content (AvgIpc) is 3.09. The SMILES string of the molecule is CCCCCCCCCc1cccc(CCCCCCCCC)c1OCCOCCOCCOCCOCCOCCOCCOP(=O)(O)O. The minimum Gasteiger partial charge on any atom is -0.491 e. The molecule has 0 saturated carbocycles. The first-order valence-electron chi connectivity index (χ1n) is 19.4. The van der Waals surface area contributed by atoms with Crippen molar-refractivity contribution < 1.29 is 52.0 Å². The lowest BCUT2D eigenvalue weighted by Crippen LogP contribution is -2.15. The summed E-state index contributed by atoms with van der Waals surface area (Å²) in [5.74, 6) is 1.09. The molecular weight excluding hydrogens is 663 g/mol. The van der Waals surface area contributed by atoms with E-state index >= 15 is 0 Å². The molecule has 0 aromatic heterocycles. The number of hydrogen-bond donors (Lipinski definition) is 2. The number of phosphoric acid groups is 1. The summed E-state index contributed by atoms with van der Waals surface area (Å²) in [7, 11) is -4.44. The van der Waals surface area contributed by atoms with Gasteiger partial charge in [0.25, 0.3) is 0 Å². The molecule has 0 amide bonds. The predicted molar refractivity (Wildman–Crippen MR) is 198 cm³/mol. The molecule has 0 aliphatic heterocycles. The molecule has 0 fully saturated rings. The Labute approximate surface area is 303 Å². The van der Waals surface area contributed by atoms with E-state index in [0.29, 0.717) is 79.3 Å². The van der Waals surface area contributed by atoms with Gasteiger partial charge in [0.2, 0.25) is 0 Å². The van der Waals surface area contributed by atoms with Gasteiger partial charge in [-0.25, -0.2) is 4.57 Å². The third-order valence-corrected chi connectivity index (χ3v) is 8.62. The molecule has 1 aromatic rings. The fourth-order valence-corrected chi connectivity index (χ4v) is 5.69. The van der Waals surface area contributed by atoms with Gasteiger partial charge in [0.15, 0.2) is 0 Å². The summed E-state index contributed by atoms with van der Waals surface area (Å²) in [5, 5.41) is 0. The molecule has 50 heavy (non-hydrogen) atoms. The fourth-order valence-electron chi connectivity index (χ4n) is 5.38. The van der Waals surface area contributed by atoms with Crippen molar-refractivity contribution in [2.75, 3.05) is 92.5 Å². The Hall–Kier alpha value is -1.11. The van der Waals surface area contributed by atoms with E-state index in [1.54, 1.807) is 0 Å². The monoisotopic (exact) mass is 734 g/mol. The largest absolute Gasteiger partial charge is 0.491 e. The second-order valence-electron chi connectivity index (χ2n) is 12.5. The molecule has 1 rings (SSSR count). The van der Waals surface area contributed by atoms with Crippen molar-refractivity contribution in [3.05, 3.63) is 29.3 Å². The zero-order valence-corrected chi connectivity index (χ0v) is 32.4. The lowest BCUT2D eigenvalue weighted by atomic mass is 9.98. The van der Waals surface area contributed by atoms with Gasteiger partial charge in [0.1, 0.15) is 12.4 Å². The van der Waals surface area contributed by atoms with Crippen molar-refractivity contribution in [2.24, 2.45) is 0 Å². The quantitative estimate of drug-likeness (QED) is 0.0506. The van der Waals surface area contributed by atoms with E-state index in [-0.39, 0.29) is 13.2 Å². The van der Waals surface area contributed by atoms with Crippen molar-refractivity contribution in [3.8, 4) is 5.75 Å². The maximum Gasteiger partial charge on any atom is 0.469 e. The van der Waals surface area contributed by atoms with Crippen LogP contribution in [0.15, 0.2) is 18.2 Å². The molecule has 0 saturated heterocycles. The van der Waals surface area contributed by atoms with Crippen molar-refractivity contribution in [2.45, 2.75) is 117 Å². The number of rotatable bonds is 39. The van der Waals surface area contributed by atoms with Gasteiger partial charge in [-0.2, -0.15) is 0 Å². The van der Waals surface area contributed by atoms with E-state index in [4.69, 9.17) is 42.9 Å². The van der Waals surface area contributed by atoms with Gasteiger partial charge in [-0.1, -0.05) is 109 Å². The van der Waals surface area contributed by atoms with Crippen LogP contribution in [0.4, 0.5) is 0 Å². The maximum atomic E-state index is 10.5. The zero-order valence-electron chi connectivity index (χ0n) is 31.5. The van der Waals surface area contributed by atoms with Crippen LogP contribution in [0.25, 0.3) is 0 Å². The number of phosphoric ester groups is 1. The van der Waals surface area contributed by atoms with Gasteiger partial charge in [-0.15, -0.1) is 0 Å². The van der Waals surface area contributed by atoms with Gasteiger partial charge < -0.3 is 42.9 Å². The number of ether oxygens (including phenoxy) is 7. The standard InChI is InChI=1S/C38H71O11P/c1-3-5-7-9-11-13-15-18-36-20-17-21-37(19-16-14-12-10-8-6-4-2)38(36)48-34-32-46-30-28-44-26-24-42-22-23-43-25-27-45-29-31-47-33-35-49-50(39,40)41/h17,20-21H,3-16,18-19,22-35H2,1-2H3,(H2,39,40,41). The fraction of sp³-hybridized carbons (Fsp3) is 0.842. The first-order chi connectivity index (χ1) is 24.5. The van der Waals surface area contributed by atoms with Crippen LogP contribution < -0.4 is 4.74 Å². The van der Waals surface area contributed by atoms with Crippen molar-refractivity contribution in [1.29, 1.82) is 0 Å². The van der Waals surface area contributed by atoms with Crippen LogP contribution in [0, 0.1) is 0 Å². The minimum absolute atomic E-state index is 0.0864. The summed E-state index contributed by atoms with van der Waals surface area (Å²) in [4.78, 5) is 17.1. The molecule has 0 atom stereocenters. The highest BCUT2D eigenvalue weighted by atomic mass is 31.2. The molecule has 0 unspecified atom stereocenters.